The van der Waals surface area contributed by atoms with Gasteiger partial charge < -0.3 is 9.47 Å². The highest BCUT2D eigenvalue weighted by Crippen LogP contribution is 2.20. The minimum absolute atomic E-state index is 0.0586. The molecule has 2 atom stereocenters. The summed E-state index contributed by atoms with van der Waals surface area (Å²) in [6, 6.07) is 9.62. The van der Waals surface area contributed by atoms with Crippen LogP contribution in [0, 0.1) is 0 Å². The third-order valence-electron chi connectivity index (χ3n) is 3.81. The third-order valence-corrected chi connectivity index (χ3v) is 5.49. The molecule has 6 heteroatoms. The second-order valence-electron chi connectivity index (χ2n) is 5.41. The number of likely N-dealkylation sites (N-methyl/N-ethyl adjacent to an activating group) is 1. The van der Waals surface area contributed by atoms with E-state index in [0.29, 0.717) is 6.61 Å². The smallest absolute Gasteiger partial charge is 0.154 e. The van der Waals surface area contributed by atoms with Gasteiger partial charge in [-0.2, -0.15) is 0 Å². The summed E-state index contributed by atoms with van der Waals surface area (Å²) >= 11 is 0. The van der Waals surface area contributed by atoms with Gasteiger partial charge in [0.25, 0.3) is 0 Å². The maximum absolute atomic E-state index is 11.7. The van der Waals surface area contributed by atoms with Gasteiger partial charge in [0.2, 0.25) is 0 Å². The molecule has 0 unspecified atom stereocenters. The van der Waals surface area contributed by atoms with Crippen LogP contribution in [0.15, 0.2) is 30.3 Å². The molecule has 0 saturated carbocycles. The predicted molar refractivity (Wildman–Crippen MR) is 82.4 cm³/mol. The van der Waals surface area contributed by atoms with Crippen LogP contribution in [-0.4, -0.2) is 64.3 Å². The number of para-hydroxylation sites is 1. The summed E-state index contributed by atoms with van der Waals surface area (Å²) in [4.78, 5) is 2.06. The minimum Gasteiger partial charge on any atom is -0.494 e. The lowest BCUT2D eigenvalue weighted by atomic mass is 10.2. The lowest BCUT2D eigenvalue weighted by molar-refractivity contribution is 0.0534. The Morgan fingerprint density at radius 1 is 1.24 bits per heavy atom. The molecule has 0 N–H and O–H groups in total. The quantitative estimate of drug-likeness (QED) is 0.708. The fourth-order valence-corrected chi connectivity index (χ4v) is 4.60. The Morgan fingerprint density at radius 3 is 2.62 bits per heavy atom. The minimum atomic E-state index is -2.97. The van der Waals surface area contributed by atoms with Gasteiger partial charge in [0.15, 0.2) is 9.84 Å². The molecule has 118 valence electrons. The largest absolute Gasteiger partial charge is 0.494 e. The van der Waals surface area contributed by atoms with Crippen molar-refractivity contribution in [3.63, 3.8) is 0 Å². The normalized spacial score (nSPS) is 24.3. The summed E-state index contributed by atoms with van der Waals surface area (Å²) in [5.41, 5.74) is 0. The van der Waals surface area contributed by atoms with E-state index >= 15 is 0 Å². The van der Waals surface area contributed by atoms with Crippen LogP contribution in [-0.2, 0) is 14.6 Å². The third kappa shape index (κ3) is 4.69. The topological polar surface area (TPSA) is 55.8 Å². The number of nitrogens with zero attached hydrogens (tertiary/aromatic N) is 1. The first-order chi connectivity index (χ1) is 10.0. The van der Waals surface area contributed by atoms with Crippen LogP contribution in [0.3, 0.4) is 0 Å². The molecule has 1 fully saturated rings. The summed E-state index contributed by atoms with van der Waals surface area (Å²) in [5, 5.41) is 0. The molecular formula is C15H23NO4S. The van der Waals surface area contributed by atoms with Gasteiger partial charge in [-0.25, -0.2) is 8.42 Å². The molecule has 21 heavy (non-hydrogen) atoms. The molecular weight excluding hydrogens is 290 g/mol. The van der Waals surface area contributed by atoms with Crippen LogP contribution in [0.4, 0.5) is 0 Å². The zero-order chi connectivity index (χ0) is 15.3. The number of rotatable bonds is 7. The van der Waals surface area contributed by atoms with E-state index in [4.69, 9.17) is 9.47 Å². The lowest BCUT2D eigenvalue weighted by Gasteiger charge is -2.27. The molecule has 0 amide bonds. The van der Waals surface area contributed by atoms with E-state index < -0.39 is 9.84 Å². The van der Waals surface area contributed by atoms with E-state index in [-0.39, 0.29) is 23.7 Å². The lowest BCUT2D eigenvalue weighted by Crippen LogP contribution is -2.42. The molecule has 0 bridgehead atoms. The van der Waals surface area contributed by atoms with Gasteiger partial charge in [-0.3, -0.25) is 4.90 Å². The predicted octanol–water partition coefficient (Wildman–Crippen LogP) is 1.20. The number of methoxy groups -OCH3 is 1. The summed E-state index contributed by atoms with van der Waals surface area (Å²) in [6.07, 6.45) is 0.619. The standard InChI is InChI=1S/C15H23NO4S/c1-16(14-11-21(17,18)12-15(14)19-2)9-6-10-20-13-7-4-3-5-8-13/h3-5,7-8,14-15H,6,9-12H2,1-2H3/t14-,15+/m0/s1. The molecule has 1 heterocycles. The van der Waals surface area contributed by atoms with E-state index in [1.807, 2.05) is 37.4 Å². The van der Waals surface area contributed by atoms with Gasteiger partial charge in [-0.15, -0.1) is 0 Å². The van der Waals surface area contributed by atoms with Gasteiger partial charge in [-0.05, 0) is 25.6 Å². The van der Waals surface area contributed by atoms with Crippen LogP contribution >= 0.6 is 0 Å². The number of sulfone groups is 1. The summed E-state index contributed by atoms with van der Waals surface area (Å²) in [5.74, 6) is 1.17. The second kappa shape index (κ2) is 7.24. The van der Waals surface area contributed by atoms with Crippen molar-refractivity contribution in [3.8, 4) is 5.75 Å². The molecule has 0 aromatic heterocycles. The molecule has 0 aliphatic carbocycles. The number of hydrogen-bond acceptors (Lipinski definition) is 5. The average molecular weight is 313 g/mol. The monoisotopic (exact) mass is 313 g/mol. The zero-order valence-electron chi connectivity index (χ0n) is 12.6. The maximum atomic E-state index is 11.7. The van der Waals surface area contributed by atoms with Crippen molar-refractivity contribution >= 4 is 9.84 Å². The van der Waals surface area contributed by atoms with Gasteiger partial charge in [0.1, 0.15) is 5.75 Å². The first-order valence-electron chi connectivity index (χ1n) is 7.13. The van der Waals surface area contributed by atoms with Gasteiger partial charge in [0, 0.05) is 13.7 Å². The first kappa shape index (κ1) is 16.3. The van der Waals surface area contributed by atoms with E-state index in [0.717, 1.165) is 18.7 Å². The van der Waals surface area contributed by atoms with Crippen LogP contribution < -0.4 is 4.74 Å². The van der Waals surface area contributed by atoms with Crippen molar-refractivity contribution in [2.24, 2.45) is 0 Å². The molecule has 0 radical (unpaired) electrons. The average Bonchev–Trinajstić information content (AvgIpc) is 2.80. The molecule has 0 spiro atoms. The van der Waals surface area contributed by atoms with Gasteiger partial charge in [-0.1, -0.05) is 18.2 Å². The maximum Gasteiger partial charge on any atom is 0.154 e. The number of ether oxygens (including phenoxy) is 2. The van der Waals surface area contributed by atoms with Crippen molar-refractivity contribution in [2.75, 3.05) is 38.8 Å². The molecule has 1 aliphatic rings. The summed E-state index contributed by atoms with van der Waals surface area (Å²) < 4.78 is 34.3. The Kier molecular flexibility index (Phi) is 5.61. The second-order valence-corrected chi connectivity index (χ2v) is 7.57. The van der Waals surface area contributed by atoms with E-state index in [2.05, 4.69) is 4.90 Å². The Bertz CT molecular complexity index is 532. The van der Waals surface area contributed by atoms with E-state index in [1.54, 1.807) is 7.11 Å². The Labute approximate surface area is 126 Å². The van der Waals surface area contributed by atoms with Crippen molar-refractivity contribution in [1.29, 1.82) is 0 Å². The fourth-order valence-electron chi connectivity index (χ4n) is 2.62. The van der Waals surface area contributed by atoms with Crippen molar-refractivity contribution < 1.29 is 17.9 Å². The van der Waals surface area contributed by atoms with Crippen molar-refractivity contribution in [3.05, 3.63) is 30.3 Å². The van der Waals surface area contributed by atoms with Crippen LogP contribution in [0.2, 0.25) is 0 Å². The molecule has 1 saturated heterocycles. The first-order valence-corrected chi connectivity index (χ1v) is 8.95. The van der Waals surface area contributed by atoms with Crippen molar-refractivity contribution in [2.45, 2.75) is 18.6 Å². The molecule has 1 aromatic carbocycles. The number of benzene rings is 1. The molecule has 1 aromatic rings. The molecule has 2 rings (SSSR count). The van der Waals surface area contributed by atoms with Gasteiger partial charge in [0.05, 0.1) is 30.3 Å². The molecule has 5 nitrogen and oxygen atoms in total. The van der Waals surface area contributed by atoms with Crippen LogP contribution in [0.25, 0.3) is 0 Å². The van der Waals surface area contributed by atoms with Crippen LogP contribution in [0.5, 0.6) is 5.75 Å². The number of hydrogen-bond donors (Lipinski definition) is 0. The van der Waals surface area contributed by atoms with E-state index in [9.17, 15) is 8.42 Å². The Morgan fingerprint density at radius 2 is 1.95 bits per heavy atom. The Hall–Kier alpha value is -1.11. The zero-order valence-corrected chi connectivity index (χ0v) is 13.4. The van der Waals surface area contributed by atoms with E-state index in [1.165, 1.54) is 0 Å². The highest BCUT2D eigenvalue weighted by Gasteiger charge is 2.39. The SMILES string of the molecule is CO[C@@H]1CS(=O)(=O)C[C@@H]1N(C)CCCOc1ccccc1. The highest BCUT2D eigenvalue weighted by atomic mass is 32.2. The van der Waals surface area contributed by atoms with Gasteiger partial charge >= 0.3 is 0 Å². The summed E-state index contributed by atoms with van der Waals surface area (Å²) in [6.45, 7) is 1.40. The fraction of sp³-hybridized carbons (Fsp3) is 0.600. The Balaban J connectivity index is 1.75. The van der Waals surface area contributed by atoms with Crippen molar-refractivity contribution in [1.82, 2.24) is 4.90 Å². The highest BCUT2D eigenvalue weighted by molar-refractivity contribution is 7.91. The molecule has 1 aliphatic heterocycles. The summed E-state index contributed by atoms with van der Waals surface area (Å²) in [7, 11) is 0.546. The van der Waals surface area contributed by atoms with Crippen LogP contribution in [0.1, 0.15) is 6.42 Å².